The first-order chi connectivity index (χ1) is 12.4. The molecule has 4 rings (SSSR count). The minimum absolute atomic E-state index is 0.104. The molecule has 0 heterocycles. The van der Waals surface area contributed by atoms with Gasteiger partial charge in [0.2, 0.25) is 0 Å². The first kappa shape index (κ1) is 13.5. The number of hydrogen-bond acceptors (Lipinski definition) is 3. The maximum absolute atomic E-state index is 12.7. The maximum atomic E-state index is 12.7. The fourth-order valence-corrected chi connectivity index (χ4v) is 6.89. The summed E-state index contributed by atoms with van der Waals surface area (Å²) in [6.07, 6.45) is 8.37. The molecule has 2 N–H and O–H groups in total. The Kier molecular flexibility index (Phi) is 3.19. The van der Waals surface area contributed by atoms with Crippen molar-refractivity contribution in [1.82, 2.24) is 0 Å². The average molecular weight is 336 g/mol. The van der Waals surface area contributed by atoms with E-state index < -0.39 is 23.7 Å². The summed E-state index contributed by atoms with van der Waals surface area (Å²) in [4.78, 5) is 12.7. The number of carbonyl (C=O) groups is 1. The molecule has 0 aromatic carbocycles. The predicted octanol–water partition coefficient (Wildman–Crippen LogP) is 3.49. The molecule has 0 saturated heterocycles. The lowest BCUT2D eigenvalue weighted by atomic mass is 9.47. The first-order valence-electron chi connectivity index (χ1n) is 11.1. The molecule has 134 valence electrons. The zero-order valence-corrected chi connectivity index (χ0v) is 14.8. The van der Waals surface area contributed by atoms with Crippen LogP contribution in [0.3, 0.4) is 0 Å². The summed E-state index contributed by atoms with van der Waals surface area (Å²) in [7, 11) is 0. The van der Waals surface area contributed by atoms with Crippen LogP contribution in [0.2, 0.25) is 0 Å². The highest BCUT2D eigenvalue weighted by Gasteiger charge is 2.59. The summed E-state index contributed by atoms with van der Waals surface area (Å²) < 4.78 is 23.9. The third kappa shape index (κ3) is 2.20. The second kappa shape index (κ2) is 5.67. The summed E-state index contributed by atoms with van der Waals surface area (Å²) in [6, 6.07) is 0. The number of rotatable bonds is 2. The van der Waals surface area contributed by atoms with E-state index in [2.05, 4.69) is 13.0 Å². The van der Waals surface area contributed by atoms with Gasteiger partial charge in [-0.05, 0) is 80.0 Å². The second-order valence-corrected chi connectivity index (χ2v) is 9.07. The molecule has 0 aliphatic heterocycles. The molecular weight excluding hydrogens is 300 g/mol. The fraction of sp³-hybridized carbons (Fsp3) is 0.857. The van der Waals surface area contributed by atoms with Gasteiger partial charge in [-0.25, -0.2) is 0 Å². The van der Waals surface area contributed by atoms with Crippen molar-refractivity contribution in [3.05, 3.63) is 11.6 Å². The lowest BCUT2D eigenvalue weighted by Crippen LogP contribution is -2.51. The molecule has 4 aliphatic carbocycles. The molecule has 24 heavy (non-hydrogen) atoms. The molecule has 7 atom stereocenters. The summed E-state index contributed by atoms with van der Waals surface area (Å²) in [5.74, 6) is -1.39. The molecule has 6 unspecified atom stereocenters. The van der Waals surface area contributed by atoms with Gasteiger partial charge in [0, 0.05) is 7.26 Å². The van der Waals surface area contributed by atoms with E-state index in [1.54, 1.807) is 0 Å². The van der Waals surface area contributed by atoms with Gasteiger partial charge in [0.1, 0.15) is 6.56 Å². The Bertz CT molecular complexity index is 687. The van der Waals surface area contributed by atoms with Crippen LogP contribution in [0.15, 0.2) is 11.6 Å². The molecule has 0 radical (unpaired) electrons. The zero-order valence-electron chi connectivity index (χ0n) is 17.8. The summed E-state index contributed by atoms with van der Waals surface area (Å²) in [6.45, 7) is 1.38. The molecule has 0 spiro atoms. The summed E-state index contributed by atoms with van der Waals surface area (Å²) in [5.41, 5.74) is 0.910. The molecule has 3 fully saturated rings. The van der Waals surface area contributed by atoms with Crippen LogP contribution < -0.4 is 0 Å². The molecule has 3 nitrogen and oxygen atoms in total. The van der Waals surface area contributed by atoms with Gasteiger partial charge in [-0.2, -0.15) is 0 Å². The highest BCUT2D eigenvalue weighted by molar-refractivity contribution is 5.83. The summed E-state index contributed by atoms with van der Waals surface area (Å²) in [5, 5.41) is 19.8. The Morgan fingerprint density at radius 1 is 1.29 bits per heavy atom. The Labute approximate surface area is 149 Å². The lowest BCUT2D eigenvalue weighted by Gasteiger charge is -2.57. The number of fused-ring (bicyclic) bond motifs is 5. The maximum Gasteiger partial charge on any atom is 0.161 e. The van der Waals surface area contributed by atoms with Crippen LogP contribution >= 0.6 is 0 Å². The van der Waals surface area contributed by atoms with Crippen LogP contribution in [0, 0.1) is 34.5 Å². The zero-order chi connectivity index (χ0) is 19.8. The van der Waals surface area contributed by atoms with E-state index in [4.69, 9.17) is 4.11 Å². The molecule has 0 aromatic rings. The van der Waals surface area contributed by atoms with Crippen LogP contribution in [0.25, 0.3) is 0 Å². The number of aliphatic hydroxyl groups excluding tert-OH is 1. The number of allylic oxidation sites excluding steroid dienone is 1. The molecule has 0 amide bonds. The van der Waals surface area contributed by atoms with E-state index in [0.717, 1.165) is 44.9 Å². The number of carbonyl (C=O) groups excluding carboxylic acids is 1. The monoisotopic (exact) mass is 335 g/mol. The van der Waals surface area contributed by atoms with Crippen molar-refractivity contribution in [1.29, 1.82) is 0 Å². The van der Waals surface area contributed by atoms with E-state index in [0.29, 0.717) is 18.3 Å². The Hall–Kier alpha value is -0.670. The van der Waals surface area contributed by atoms with Gasteiger partial charge in [0.25, 0.3) is 0 Å². The van der Waals surface area contributed by atoms with Gasteiger partial charge in [-0.1, -0.05) is 25.5 Å². The van der Waals surface area contributed by atoms with Crippen molar-refractivity contribution >= 4 is 5.78 Å². The van der Waals surface area contributed by atoms with Crippen molar-refractivity contribution in [2.24, 2.45) is 34.5 Å². The quantitative estimate of drug-likeness (QED) is 0.760. The number of aliphatic hydroxyl groups is 2. The molecule has 3 heteroatoms. The largest absolute Gasteiger partial charge is 0.393 e. The third-order valence-corrected chi connectivity index (χ3v) is 8.24. The number of ketones is 1. The van der Waals surface area contributed by atoms with Gasteiger partial charge in [-0.3, -0.25) is 4.79 Å². The van der Waals surface area contributed by atoms with Crippen molar-refractivity contribution in [2.45, 2.75) is 71.3 Å². The first-order valence-corrected chi connectivity index (χ1v) is 9.58. The fourth-order valence-electron chi connectivity index (χ4n) is 6.89. The topological polar surface area (TPSA) is 57.5 Å². The second-order valence-electron chi connectivity index (χ2n) is 9.07. The minimum atomic E-state index is -2.94. The van der Waals surface area contributed by atoms with Gasteiger partial charge >= 0.3 is 0 Å². The van der Waals surface area contributed by atoms with Gasteiger partial charge in [0.15, 0.2) is 5.78 Å². The van der Waals surface area contributed by atoms with E-state index in [1.165, 1.54) is 5.57 Å². The van der Waals surface area contributed by atoms with Crippen LogP contribution in [-0.4, -0.2) is 28.7 Å². The highest BCUT2D eigenvalue weighted by atomic mass is 16.3. The van der Waals surface area contributed by atoms with E-state index in [-0.39, 0.29) is 17.4 Å². The summed E-state index contributed by atoms with van der Waals surface area (Å²) >= 11 is 0. The Morgan fingerprint density at radius 3 is 2.83 bits per heavy atom. The van der Waals surface area contributed by atoms with Crippen molar-refractivity contribution in [2.75, 3.05) is 6.56 Å². The smallest absolute Gasteiger partial charge is 0.161 e. The SMILES string of the molecule is [2H]C([2H])(O)C(=O)[C@@]1([2H])CCC2C3CC=C4CC(O)CCC4(C)C3CCC21C. The third-order valence-electron chi connectivity index (χ3n) is 8.24. The predicted molar refractivity (Wildman–Crippen MR) is 93.3 cm³/mol. The average Bonchev–Trinajstić information content (AvgIpc) is 2.86. The number of Topliss-reactive ketones (excluding diaryl/α,β-unsaturated/α-hetero) is 1. The van der Waals surface area contributed by atoms with E-state index in [9.17, 15) is 15.0 Å². The van der Waals surface area contributed by atoms with Crippen LogP contribution in [0.1, 0.15) is 69.3 Å². The van der Waals surface area contributed by atoms with Gasteiger partial charge in [-0.15, -0.1) is 0 Å². The molecule has 0 bridgehead atoms. The van der Waals surface area contributed by atoms with Crippen LogP contribution in [0.4, 0.5) is 0 Å². The minimum Gasteiger partial charge on any atom is -0.393 e. The van der Waals surface area contributed by atoms with Gasteiger partial charge < -0.3 is 10.2 Å². The standard InChI is InChI=1S/C21H32O3/c1-20-9-7-14(23)11-13(20)3-4-15-16-5-6-18(19(24)12-22)21(16,2)10-8-17(15)20/h3,14-18,22-23H,4-12H2,1-2H3/t14?,15?,16?,17?,18-,20?,21?/m1/s1/i12D2,18D. The van der Waals surface area contributed by atoms with Crippen molar-refractivity contribution in [3.63, 3.8) is 0 Å². The lowest BCUT2D eigenvalue weighted by molar-refractivity contribution is -0.132. The number of hydrogen-bond donors (Lipinski definition) is 2. The van der Waals surface area contributed by atoms with Crippen molar-refractivity contribution < 1.29 is 19.1 Å². The Morgan fingerprint density at radius 2 is 2.08 bits per heavy atom. The van der Waals surface area contributed by atoms with Gasteiger partial charge in [0.05, 0.1) is 8.85 Å². The highest BCUT2D eigenvalue weighted by Crippen LogP contribution is 2.66. The van der Waals surface area contributed by atoms with E-state index in [1.807, 2.05) is 6.92 Å². The molecule has 0 aromatic heterocycles. The molecule has 4 aliphatic rings. The van der Waals surface area contributed by atoms with E-state index >= 15 is 0 Å². The van der Waals surface area contributed by atoms with Crippen LogP contribution in [-0.2, 0) is 4.79 Å². The Balaban J connectivity index is 1.68. The molecule has 3 saturated carbocycles. The normalized spacial score (nSPS) is 56.0. The molecular formula is C21H32O3. The van der Waals surface area contributed by atoms with Crippen molar-refractivity contribution in [3.8, 4) is 0 Å². The van der Waals surface area contributed by atoms with Crippen LogP contribution in [0.5, 0.6) is 0 Å².